The molecule has 2 aliphatic heterocycles. The number of imidazole rings is 1. The zero-order valence-electron chi connectivity index (χ0n) is 16.8. The van der Waals surface area contributed by atoms with Crippen LogP contribution in [0.5, 0.6) is 23.0 Å². The Kier molecular flexibility index (Phi) is 4.50. The highest BCUT2D eigenvalue weighted by atomic mass is 16.5. The van der Waals surface area contributed by atoms with Gasteiger partial charge in [-0.2, -0.15) is 0 Å². The van der Waals surface area contributed by atoms with Crippen molar-refractivity contribution >= 4 is 22.9 Å². The van der Waals surface area contributed by atoms with Gasteiger partial charge in [0.25, 0.3) is 0 Å². The third-order valence-electron chi connectivity index (χ3n) is 5.09. The van der Waals surface area contributed by atoms with Crippen LogP contribution >= 0.6 is 0 Å². The zero-order valence-corrected chi connectivity index (χ0v) is 16.8. The van der Waals surface area contributed by atoms with Crippen LogP contribution in [-0.2, 0) is 0 Å². The van der Waals surface area contributed by atoms with Gasteiger partial charge in [-0.05, 0) is 19.1 Å². The number of nitrogens with two attached hydrogens (primary N) is 1. The summed E-state index contributed by atoms with van der Waals surface area (Å²) in [6.45, 7) is 3.72. The van der Waals surface area contributed by atoms with E-state index in [2.05, 4.69) is 10.3 Å². The van der Waals surface area contributed by atoms with Crippen molar-refractivity contribution in [3.05, 3.63) is 35.9 Å². The molecular formula is C21H23N5O4. The first-order chi connectivity index (χ1) is 14.7. The minimum Gasteiger partial charge on any atom is -0.493 e. The summed E-state index contributed by atoms with van der Waals surface area (Å²) in [6, 6.07) is 9.60. The molecule has 9 nitrogen and oxygen atoms in total. The quantitative estimate of drug-likeness (QED) is 0.683. The smallest absolute Gasteiger partial charge is 0.212 e. The number of nitrogens with one attached hydrogen (secondary N) is 1. The van der Waals surface area contributed by atoms with E-state index >= 15 is 0 Å². The monoisotopic (exact) mass is 409 g/mol. The number of nitrogens with zero attached hydrogens (tertiary/aromatic N) is 3. The largest absolute Gasteiger partial charge is 0.493 e. The number of rotatable bonds is 4. The van der Waals surface area contributed by atoms with Crippen molar-refractivity contribution in [3.63, 3.8) is 0 Å². The van der Waals surface area contributed by atoms with E-state index in [1.54, 1.807) is 7.11 Å². The van der Waals surface area contributed by atoms with Gasteiger partial charge in [-0.25, -0.2) is 9.98 Å². The Labute approximate surface area is 173 Å². The molecule has 0 aliphatic carbocycles. The standard InChI is InChI=1S/C21H23N5O4/c1-3-28-15-6-5-12(9-16(15)27-2)19-24-20(22)25-21-23-13-10-17-18(11-14(13)26(19)21)30-8-4-7-29-17/h5-6,9-11,19H,3-4,7-8H2,1-2H3,(H3,22,23,24,25)/t19-/m1/s1. The maximum atomic E-state index is 6.07. The van der Waals surface area contributed by atoms with Gasteiger partial charge >= 0.3 is 0 Å². The van der Waals surface area contributed by atoms with Crippen LogP contribution in [0.15, 0.2) is 35.3 Å². The number of ether oxygens (including phenoxy) is 4. The molecule has 1 atom stereocenters. The summed E-state index contributed by atoms with van der Waals surface area (Å²) in [5, 5.41) is 3.05. The second-order valence-electron chi connectivity index (χ2n) is 7.00. The molecule has 0 bridgehead atoms. The molecule has 0 spiro atoms. The fourth-order valence-electron chi connectivity index (χ4n) is 3.77. The van der Waals surface area contributed by atoms with Crippen LogP contribution in [0.4, 0.5) is 5.95 Å². The van der Waals surface area contributed by atoms with Gasteiger partial charge in [-0.3, -0.25) is 9.88 Å². The van der Waals surface area contributed by atoms with E-state index < -0.39 is 6.17 Å². The van der Waals surface area contributed by atoms with Crippen molar-refractivity contribution in [1.29, 1.82) is 0 Å². The fraction of sp³-hybridized carbons (Fsp3) is 0.333. The Morgan fingerprint density at radius 2 is 1.97 bits per heavy atom. The number of aliphatic imine (C=N–C) groups is 1. The predicted molar refractivity (Wildman–Crippen MR) is 113 cm³/mol. The molecule has 30 heavy (non-hydrogen) atoms. The summed E-state index contributed by atoms with van der Waals surface area (Å²) in [5.41, 5.74) is 8.61. The van der Waals surface area contributed by atoms with Crippen LogP contribution in [0.1, 0.15) is 25.1 Å². The maximum absolute atomic E-state index is 6.07. The number of hydrogen-bond donors (Lipinski definition) is 2. The molecule has 3 heterocycles. The topological polar surface area (TPSA) is 105 Å². The third kappa shape index (κ3) is 3.02. The molecule has 0 radical (unpaired) electrons. The van der Waals surface area contributed by atoms with E-state index in [9.17, 15) is 0 Å². The second-order valence-corrected chi connectivity index (χ2v) is 7.00. The summed E-state index contributed by atoms with van der Waals surface area (Å²) in [5.74, 6) is 3.62. The average molecular weight is 409 g/mol. The normalized spacial score (nSPS) is 17.5. The summed E-state index contributed by atoms with van der Waals surface area (Å²) < 4.78 is 24.8. The van der Waals surface area contributed by atoms with Crippen molar-refractivity contribution in [3.8, 4) is 23.0 Å². The average Bonchev–Trinajstić information content (AvgIpc) is 2.93. The Morgan fingerprint density at radius 3 is 2.73 bits per heavy atom. The molecular weight excluding hydrogens is 386 g/mol. The number of guanidine groups is 1. The second kappa shape index (κ2) is 7.33. The Balaban J connectivity index is 1.65. The van der Waals surface area contributed by atoms with Crippen molar-refractivity contribution in [2.24, 2.45) is 10.7 Å². The third-order valence-corrected chi connectivity index (χ3v) is 5.09. The first-order valence-electron chi connectivity index (χ1n) is 9.90. The van der Waals surface area contributed by atoms with Crippen LogP contribution in [-0.4, -0.2) is 42.4 Å². The molecule has 2 aliphatic rings. The number of fused-ring (bicyclic) bond motifs is 4. The summed E-state index contributed by atoms with van der Waals surface area (Å²) in [6.07, 6.45) is 0.426. The van der Waals surface area contributed by atoms with Crippen LogP contribution in [0.2, 0.25) is 0 Å². The van der Waals surface area contributed by atoms with Crippen molar-refractivity contribution in [2.45, 2.75) is 19.5 Å². The molecule has 0 saturated heterocycles. The van der Waals surface area contributed by atoms with Crippen LogP contribution in [0, 0.1) is 0 Å². The number of anilines is 1. The fourth-order valence-corrected chi connectivity index (χ4v) is 3.77. The molecule has 1 aromatic heterocycles. The number of methoxy groups -OCH3 is 1. The highest BCUT2D eigenvalue weighted by Gasteiger charge is 2.27. The van der Waals surface area contributed by atoms with E-state index in [4.69, 9.17) is 29.7 Å². The van der Waals surface area contributed by atoms with E-state index in [1.165, 1.54) is 0 Å². The Morgan fingerprint density at radius 1 is 1.17 bits per heavy atom. The maximum Gasteiger partial charge on any atom is 0.212 e. The minimum absolute atomic E-state index is 0.296. The zero-order chi connectivity index (χ0) is 20.7. The van der Waals surface area contributed by atoms with Crippen molar-refractivity contribution in [2.75, 3.05) is 32.2 Å². The predicted octanol–water partition coefficient (Wildman–Crippen LogP) is 2.89. The van der Waals surface area contributed by atoms with Gasteiger partial charge in [0.15, 0.2) is 35.1 Å². The lowest BCUT2D eigenvalue weighted by Gasteiger charge is -2.24. The van der Waals surface area contributed by atoms with Crippen LogP contribution < -0.4 is 30.0 Å². The van der Waals surface area contributed by atoms with Gasteiger partial charge in [-0.15, -0.1) is 0 Å². The molecule has 0 amide bonds. The Bertz CT molecular complexity index is 1140. The first kappa shape index (κ1) is 18.4. The lowest BCUT2D eigenvalue weighted by Crippen LogP contribution is -2.31. The SMILES string of the molecule is CCOc1ccc([C@@H]2N=C(N)Nc3nc4cc5c(cc4n32)OCCCO5)cc1OC. The minimum atomic E-state index is -0.416. The molecule has 0 fully saturated rings. The van der Waals surface area contributed by atoms with Gasteiger partial charge in [0.2, 0.25) is 5.95 Å². The summed E-state index contributed by atoms with van der Waals surface area (Å²) in [7, 11) is 1.62. The van der Waals surface area contributed by atoms with Gasteiger partial charge in [0, 0.05) is 24.1 Å². The van der Waals surface area contributed by atoms with E-state index in [0.29, 0.717) is 54.7 Å². The lowest BCUT2D eigenvalue weighted by atomic mass is 10.1. The molecule has 5 rings (SSSR count). The number of benzene rings is 2. The summed E-state index contributed by atoms with van der Waals surface area (Å²) >= 11 is 0. The van der Waals surface area contributed by atoms with E-state index in [-0.39, 0.29) is 0 Å². The summed E-state index contributed by atoms with van der Waals surface area (Å²) in [4.78, 5) is 9.34. The van der Waals surface area contributed by atoms with Gasteiger partial charge in [0.05, 0.1) is 38.0 Å². The Hall–Kier alpha value is -3.62. The molecule has 0 unspecified atom stereocenters. The van der Waals surface area contributed by atoms with Crippen molar-refractivity contribution < 1.29 is 18.9 Å². The van der Waals surface area contributed by atoms with Crippen LogP contribution in [0.3, 0.4) is 0 Å². The molecule has 2 aromatic carbocycles. The number of aromatic nitrogens is 2. The molecule has 9 heteroatoms. The molecule has 3 aromatic rings. The highest BCUT2D eigenvalue weighted by Crippen LogP contribution is 2.40. The molecule has 0 saturated carbocycles. The highest BCUT2D eigenvalue weighted by molar-refractivity contribution is 5.95. The molecule has 156 valence electrons. The van der Waals surface area contributed by atoms with Crippen molar-refractivity contribution in [1.82, 2.24) is 9.55 Å². The van der Waals surface area contributed by atoms with Crippen LogP contribution in [0.25, 0.3) is 11.0 Å². The van der Waals surface area contributed by atoms with E-state index in [1.807, 2.05) is 41.8 Å². The van der Waals surface area contributed by atoms with E-state index in [0.717, 1.165) is 23.0 Å². The van der Waals surface area contributed by atoms with Gasteiger partial charge in [0.1, 0.15) is 0 Å². The van der Waals surface area contributed by atoms with Gasteiger partial charge in [-0.1, -0.05) is 6.07 Å². The lowest BCUT2D eigenvalue weighted by molar-refractivity contribution is 0.297. The number of hydrogen-bond acceptors (Lipinski definition) is 8. The molecule has 3 N–H and O–H groups in total. The first-order valence-corrected chi connectivity index (χ1v) is 9.90. The van der Waals surface area contributed by atoms with Gasteiger partial charge < -0.3 is 24.7 Å².